The number of anilines is 1. The number of aliphatic hydroxyl groups excluding tert-OH is 2. The first kappa shape index (κ1) is 25.7. The molecule has 0 radical (unpaired) electrons. The van der Waals surface area contributed by atoms with E-state index in [2.05, 4.69) is 20.9 Å². The Labute approximate surface area is 230 Å². The van der Waals surface area contributed by atoms with Gasteiger partial charge in [-0.3, -0.25) is 24.4 Å². The smallest absolute Gasteiger partial charge is 0.230 e. The molecule has 0 bridgehead atoms. The van der Waals surface area contributed by atoms with Crippen molar-refractivity contribution < 1.29 is 19.8 Å². The molecule has 2 N–H and O–H groups in total. The second kappa shape index (κ2) is 9.88. The van der Waals surface area contributed by atoms with E-state index >= 15 is 0 Å². The average molecular weight is 555 g/mol. The zero-order chi connectivity index (χ0) is 26.6. The van der Waals surface area contributed by atoms with Crippen molar-refractivity contribution in [1.29, 1.82) is 0 Å². The molecule has 10 heteroatoms. The molecule has 38 heavy (non-hydrogen) atoms. The Bertz CT molecular complexity index is 1410. The predicted molar refractivity (Wildman–Crippen MR) is 148 cm³/mol. The van der Waals surface area contributed by atoms with Crippen LogP contribution in [0.1, 0.15) is 36.1 Å². The molecule has 3 aliphatic rings. The Morgan fingerprint density at radius 3 is 2.58 bits per heavy atom. The number of amides is 2. The van der Waals surface area contributed by atoms with Crippen LogP contribution in [-0.2, 0) is 22.6 Å². The number of imide groups is 1. The van der Waals surface area contributed by atoms with Crippen LogP contribution in [0.3, 0.4) is 0 Å². The highest BCUT2D eigenvalue weighted by Gasteiger charge is 2.46. The molecule has 0 saturated carbocycles. The third-order valence-electron chi connectivity index (χ3n) is 8.45. The van der Waals surface area contributed by atoms with Crippen molar-refractivity contribution in [1.82, 2.24) is 14.8 Å². The molecule has 200 valence electrons. The van der Waals surface area contributed by atoms with Crippen molar-refractivity contribution in [2.45, 2.75) is 50.2 Å². The molecule has 6 rings (SSSR count). The van der Waals surface area contributed by atoms with E-state index in [0.717, 1.165) is 57.8 Å². The summed E-state index contributed by atoms with van der Waals surface area (Å²) < 4.78 is 1.00. The van der Waals surface area contributed by atoms with Crippen LogP contribution in [0.4, 0.5) is 5.69 Å². The third-order valence-corrected chi connectivity index (χ3v) is 9.81. The van der Waals surface area contributed by atoms with Crippen molar-refractivity contribution in [3.05, 3.63) is 45.9 Å². The number of thiophene rings is 1. The number of likely N-dealkylation sites (N-methyl/N-ethyl adjacent to an activating group) is 1. The first-order valence-electron chi connectivity index (χ1n) is 13.1. The number of pyridine rings is 1. The van der Waals surface area contributed by atoms with Gasteiger partial charge in [0.2, 0.25) is 11.8 Å². The standard InChI is InChI=1S/C28H31ClN4O4S/c1-31-13-19(12-28(31,15-34)16-35)32-8-2-3-17-9-18(29)10-22(26(17)32)21-6-7-30-23-11-20(38-27(21)23)14-33-24(36)4-5-25(33)37/h6-7,9-11,19,34-35H,2-5,8,12-16H2,1H3/t19-/m0/s1. The van der Waals surface area contributed by atoms with E-state index in [4.69, 9.17) is 11.6 Å². The van der Waals surface area contributed by atoms with Crippen LogP contribution in [0.2, 0.25) is 5.02 Å². The summed E-state index contributed by atoms with van der Waals surface area (Å²) in [5, 5.41) is 20.9. The summed E-state index contributed by atoms with van der Waals surface area (Å²) in [5.41, 5.74) is 4.61. The van der Waals surface area contributed by atoms with E-state index in [1.54, 1.807) is 17.5 Å². The van der Waals surface area contributed by atoms with Gasteiger partial charge in [0.1, 0.15) is 0 Å². The Morgan fingerprint density at radius 2 is 1.87 bits per heavy atom. The van der Waals surface area contributed by atoms with Crippen molar-refractivity contribution in [2.75, 3.05) is 38.3 Å². The highest BCUT2D eigenvalue weighted by molar-refractivity contribution is 7.19. The molecule has 0 spiro atoms. The number of hydrogen-bond acceptors (Lipinski definition) is 8. The number of benzene rings is 1. The van der Waals surface area contributed by atoms with E-state index in [1.807, 2.05) is 25.2 Å². The summed E-state index contributed by atoms with van der Waals surface area (Å²) in [6.45, 7) is 1.73. The first-order valence-corrected chi connectivity index (χ1v) is 14.3. The van der Waals surface area contributed by atoms with Crippen LogP contribution < -0.4 is 4.90 Å². The summed E-state index contributed by atoms with van der Waals surface area (Å²) >= 11 is 8.23. The van der Waals surface area contributed by atoms with E-state index in [1.165, 1.54) is 10.5 Å². The van der Waals surface area contributed by atoms with Crippen LogP contribution in [-0.4, -0.2) is 81.7 Å². The number of carbonyl (C=O) groups excluding carboxylic acids is 2. The number of hydrogen-bond donors (Lipinski definition) is 2. The Balaban J connectivity index is 1.43. The highest BCUT2D eigenvalue weighted by Crippen LogP contribution is 2.46. The van der Waals surface area contributed by atoms with Crippen molar-refractivity contribution in [3.8, 4) is 11.1 Å². The van der Waals surface area contributed by atoms with Gasteiger partial charge >= 0.3 is 0 Å². The largest absolute Gasteiger partial charge is 0.394 e. The summed E-state index contributed by atoms with van der Waals surface area (Å²) in [7, 11) is 1.97. The number of rotatable bonds is 6. The normalized spacial score (nSPS) is 21.6. The fourth-order valence-electron chi connectivity index (χ4n) is 6.34. The number of aliphatic hydroxyl groups is 2. The summed E-state index contributed by atoms with van der Waals surface area (Å²) in [6, 6.07) is 8.20. The lowest BCUT2D eigenvalue weighted by Crippen LogP contribution is -2.47. The minimum absolute atomic E-state index is 0.0877. The minimum atomic E-state index is -0.633. The molecule has 3 aromatic rings. The number of carbonyl (C=O) groups is 2. The Morgan fingerprint density at radius 1 is 1.11 bits per heavy atom. The van der Waals surface area contributed by atoms with E-state index in [-0.39, 0.29) is 50.5 Å². The van der Waals surface area contributed by atoms with Gasteiger partial charge in [-0.2, -0.15) is 0 Å². The van der Waals surface area contributed by atoms with Gasteiger partial charge in [0.05, 0.1) is 35.5 Å². The summed E-state index contributed by atoms with van der Waals surface area (Å²) in [4.78, 5) is 35.8. The molecule has 1 atom stereocenters. The van der Waals surface area contributed by atoms with E-state index in [9.17, 15) is 19.8 Å². The average Bonchev–Trinajstić information content (AvgIpc) is 3.58. The molecule has 0 unspecified atom stereocenters. The van der Waals surface area contributed by atoms with Gasteiger partial charge in [-0.05, 0) is 56.1 Å². The van der Waals surface area contributed by atoms with Gasteiger partial charge in [-0.1, -0.05) is 11.6 Å². The number of nitrogens with zero attached hydrogens (tertiary/aromatic N) is 4. The highest BCUT2D eigenvalue weighted by atomic mass is 35.5. The van der Waals surface area contributed by atoms with Gasteiger partial charge in [-0.15, -0.1) is 11.3 Å². The number of fused-ring (bicyclic) bond motifs is 2. The fraction of sp³-hybridized carbons (Fsp3) is 0.464. The van der Waals surface area contributed by atoms with Crippen LogP contribution in [0.5, 0.6) is 0 Å². The van der Waals surface area contributed by atoms with Crippen LogP contribution in [0.25, 0.3) is 21.3 Å². The van der Waals surface area contributed by atoms with E-state index < -0.39 is 5.54 Å². The lowest BCUT2D eigenvalue weighted by atomic mass is 9.91. The predicted octanol–water partition coefficient (Wildman–Crippen LogP) is 3.45. The molecule has 2 saturated heterocycles. The zero-order valence-electron chi connectivity index (χ0n) is 21.3. The molecule has 3 aliphatic heterocycles. The minimum Gasteiger partial charge on any atom is -0.394 e. The van der Waals surface area contributed by atoms with Gasteiger partial charge in [-0.25, -0.2) is 0 Å². The zero-order valence-corrected chi connectivity index (χ0v) is 22.9. The summed E-state index contributed by atoms with van der Waals surface area (Å²) in [5.74, 6) is -0.243. The maximum Gasteiger partial charge on any atom is 0.230 e. The second-order valence-electron chi connectivity index (χ2n) is 10.7. The number of aromatic nitrogens is 1. The molecular weight excluding hydrogens is 524 g/mol. The molecule has 0 aliphatic carbocycles. The number of likely N-dealkylation sites (tertiary alicyclic amines) is 2. The maximum absolute atomic E-state index is 12.2. The van der Waals surface area contributed by atoms with Crippen LogP contribution >= 0.6 is 22.9 Å². The molecule has 2 aromatic heterocycles. The monoisotopic (exact) mass is 554 g/mol. The van der Waals surface area contributed by atoms with Crippen molar-refractivity contribution in [2.24, 2.45) is 0 Å². The van der Waals surface area contributed by atoms with Crippen LogP contribution in [0, 0.1) is 0 Å². The van der Waals surface area contributed by atoms with Gasteiger partial charge in [0.25, 0.3) is 0 Å². The number of halogens is 1. The fourth-order valence-corrected chi connectivity index (χ4v) is 7.71. The molecular formula is C28H31ClN4O4S. The summed E-state index contributed by atoms with van der Waals surface area (Å²) in [6.07, 6.45) is 4.96. The Hall–Kier alpha value is -2.56. The quantitative estimate of drug-likeness (QED) is 0.450. The van der Waals surface area contributed by atoms with E-state index in [0.29, 0.717) is 11.4 Å². The van der Waals surface area contributed by atoms with Crippen molar-refractivity contribution >= 4 is 50.7 Å². The topological polar surface area (TPSA) is 97.2 Å². The van der Waals surface area contributed by atoms with Crippen LogP contribution in [0.15, 0.2) is 30.5 Å². The third kappa shape index (κ3) is 4.21. The molecule has 2 amide bonds. The van der Waals surface area contributed by atoms with Gasteiger partial charge < -0.3 is 15.1 Å². The Kier molecular flexibility index (Phi) is 6.68. The first-order chi connectivity index (χ1) is 18.3. The lowest BCUT2D eigenvalue weighted by molar-refractivity contribution is -0.138. The molecule has 1 aromatic carbocycles. The maximum atomic E-state index is 12.2. The number of aryl methyl sites for hydroxylation is 1. The SMILES string of the molecule is CN1C[C@@H](N2CCCc3cc(Cl)cc(-c4ccnc5cc(CN6C(=O)CCC6=O)sc45)c32)CC1(CO)CO. The van der Waals surface area contributed by atoms with Gasteiger partial charge in [0, 0.05) is 64.9 Å². The van der Waals surface area contributed by atoms with Gasteiger partial charge in [0.15, 0.2) is 0 Å². The molecule has 8 nitrogen and oxygen atoms in total. The molecule has 2 fully saturated rings. The lowest BCUT2D eigenvalue weighted by Gasteiger charge is -2.38. The second-order valence-corrected chi connectivity index (χ2v) is 12.3. The van der Waals surface area contributed by atoms with Crippen molar-refractivity contribution in [3.63, 3.8) is 0 Å². The molecule has 5 heterocycles.